The molecule has 1 aliphatic heterocycles. The van der Waals surface area contributed by atoms with Crippen molar-refractivity contribution in [2.24, 2.45) is 0 Å². The molecule has 0 unspecified atom stereocenters. The third-order valence-electron chi connectivity index (χ3n) is 6.53. The van der Waals surface area contributed by atoms with Crippen LogP contribution in [0.1, 0.15) is 55.8 Å². The predicted molar refractivity (Wildman–Crippen MR) is 122 cm³/mol. The molecule has 0 bridgehead atoms. The number of halogens is 3. The highest BCUT2D eigenvalue weighted by molar-refractivity contribution is 5.90. The molecule has 34 heavy (non-hydrogen) atoms. The molecule has 4 rings (SSSR count). The summed E-state index contributed by atoms with van der Waals surface area (Å²) in [6.07, 6.45) is 0.111. The van der Waals surface area contributed by atoms with Gasteiger partial charge in [0.15, 0.2) is 0 Å². The molecule has 10 heteroatoms. The van der Waals surface area contributed by atoms with Crippen LogP contribution < -0.4 is 15.6 Å². The van der Waals surface area contributed by atoms with Gasteiger partial charge in [-0.2, -0.15) is 9.97 Å². The Morgan fingerprint density at radius 1 is 1.21 bits per heavy atom. The Kier molecular flexibility index (Phi) is 6.53. The fourth-order valence-corrected chi connectivity index (χ4v) is 4.34. The highest BCUT2D eigenvalue weighted by Gasteiger charge is 2.32. The average molecular weight is 476 g/mol. The largest absolute Gasteiger partial charge is 0.467 e. The number of pyridine rings is 1. The monoisotopic (exact) mass is 476 g/mol. The average Bonchev–Trinajstić information content (AvgIpc) is 2.81. The summed E-state index contributed by atoms with van der Waals surface area (Å²) in [5, 5.41) is 3.66. The van der Waals surface area contributed by atoms with E-state index in [0.29, 0.717) is 48.3 Å². The number of alkyl halides is 2. The Bertz CT molecular complexity index is 1270. The number of fused-ring (bicyclic) bond motifs is 1. The first kappa shape index (κ1) is 24.0. The van der Waals surface area contributed by atoms with Crippen LogP contribution in [0.25, 0.3) is 10.9 Å². The highest BCUT2D eigenvalue weighted by Crippen LogP contribution is 2.33. The van der Waals surface area contributed by atoms with Crippen LogP contribution in [0.15, 0.2) is 29.2 Å². The van der Waals surface area contributed by atoms with E-state index in [1.54, 1.807) is 24.6 Å². The Hall–Kier alpha value is -3.14. The van der Waals surface area contributed by atoms with E-state index in [1.807, 2.05) is 6.92 Å². The minimum atomic E-state index is -2.93. The molecular formula is C24H27F3N4O3. The molecule has 1 aromatic carbocycles. The SMILES string of the molecule is COc1nc(N[C@H](C)c2cccc(C(F)F)c2F)c2cn(C3(C)CCOCC3)c(=O)c(C)c2n1. The summed E-state index contributed by atoms with van der Waals surface area (Å²) in [6.45, 7) is 6.43. The van der Waals surface area contributed by atoms with Gasteiger partial charge in [-0.25, -0.2) is 13.2 Å². The van der Waals surface area contributed by atoms with Gasteiger partial charge < -0.3 is 19.4 Å². The minimum Gasteiger partial charge on any atom is -0.467 e. The van der Waals surface area contributed by atoms with Gasteiger partial charge in [0.1, 0.15) is 11.6 Å². The third-order valence-corrected chi connectivity index (χ3v) is 6.53. The number of benzene rings is 1. The van der Waals surface area contributed by atoms with Crippen LogP contribution in [0, 0.1) is 12.7 Å². The van der Waals surface area contributed by atoms with Crippen molar-refractivity contribution in [3.63, 3.8) is 0 Å². The van der Waals surface area contributed by atoms with Gasteiger partial charge in [0.05, 0.1) is 29.6 Å². The quantitative estimate of drug-likeness (QED) is 0.546. The van der Waals surface area contributed by atoms with Crippen LogP contribution in [0.2, 0.25) is 0 Å². The van der Waals surface area contributed by atoms with Crippen molar-refractivity contribution in [2.45, 2.75) is 51.6 Å². The lowest BCUT2D eigenvalue weighted by Gasteiger charge is -2.36. The molecule has 2 aromatic heterocycles. The van der Waals surface area contributed by atoms with Gasteiger partial charge in [-0.3, -0.25) is 4.79 Å². The summed E-state index contributed by atoms with van der Waals surface area (Å²) in [4.78, 5) is 22.0. The minimum absolute atomic E-state index is 0.0292. The van der Waals surface area contributed by atoms with Crippen LogP contribution in [0.4, 0.5) is 19.0 Å². The molecule has 0 spiro atoms. The summed E-state index contributed by atoms with van der Waals surface area (Å²) >= 11 is 0. The number of nitrogens with zero attached hydrogens (tertiary/aromatic N) is 3. The van der Waals surface area contributed by atoms with Crippen molar-refractivity contribution in [3.8, 4) is 6.01 Å². The van der Waals surface area contributed by atoms with E-state index in [-0.39, 0.29) is 17.1 Å². The van der Waals surface area contributed by atoms with Crippen molar-refractivity contribution in [1.29, 1.82) is 0 Å². The standard InChI is InChI=1S/C24H27F3N4O3/c1-13-19-17(12-31(22(13)32)24(3)8-10-34-11-9-24)21(30-23(29-19)33-4)28-14(2)15-6-5-7-16(18(15)25)20(26)27/h5-7,12,14,20H,8-11H2,1-4H3,(H,28,29,30)/t14-/m1/s1. The van der Waals surface area contributed by atoms with Crippen LogP contribution in [-0.4, -0.2) is 34.9 Å². The van der Waals surface area contributed by atoms with Crippen LogP contribution in [-0.2, 0) is 10.3 Å². The van der Waals surface area contributed by atoms with Gasteiger partial charge >= 0.3 is 6.01 Å². The van der Waals surface area contributed by atoms with Crippen molar-refractivity contribution in [3.05, 3.63) is 57.3 Å². The molecule has 0 saturated carbocycles. The second-order valence-corrected chi connectivity index (χ2v) is 8.78. The summed E-state index contributed by atoms with van der Waals surface area (Å²) in [7, 11) is 1.40. The smallest absolute Gasteiger partial charge is 0.318 e. The zero-order chi connectivity index (χ0) is 24.6. The lowest BCUT2D eigenvalue weighted by atomic mass is 9.91. The Morgan fingerprint density at radius 3 is 2.53 bits per heavy atom. The molecule has 1 saturated heterocycles. The number of nitrogens with one attached hydrogen (secondary N) is 1. The molecule has 0 amide bonds. The Morgan fingerprint density at radius 2 is 1.88 bits per heavy atom. The first-order valence-corrected chi connectivity index (χ1v) is 11.1. The molecule has 0 radical (unpaired) electrons. The maximum atomic E-state index is 14.8. The molecule has 1 N–H and O–H groups in total. The summed E-state index contributed by atoms with van der Waals surface area (Å²) in [5.74, 6) is -0.658. The molecule has 1 aliphatic rings. The fourth-order valence-electron chi connectivity index (χ4n) is 4.34. The van der Waals surface area contributed by atoms with E-state index in [0.717, 1.165) is 6.07 Å². The summed E-state index contributed by atoms with van der Waals surface area (Å²) in [6, 6.07) is 3.23. The van der Waals surface area contributed by atoms with Crippen molar-refractivity contribution in [2.75, 3.05) is 25.6 Å². The number of methoxy groups -OCH3 is 1. The number of aryl methyl sites for hydroxylation is 1. The summed E-state index contributed by atoms with van der Waals surface area (Å²) < 4.78 is 53.6. The van der Waals surface area contributed by atoms with E-state index in [2.05, 4.69) is 15.3 Å². The lowest BCUT2D eigenvalue weighted by Crippen LogP contribution is -2.43. The zero-order valence-electron chi connectivity index (χ0n) is 19.5. The lowest BCUT2D eigenvalue weighted by molar-refractivity contribution is 0.0281. The van der Waals surface area contributed by atoms with Gasteiger partial charge in [-0.1, -0.05) is 18.2 Å². The maximum absolute atomic E-state index is 14.8. The van der Waals surface area contributed by atoms with Crippen molar-refractivity contribution in [1.82, 2.24) is 14.5 Å². The van der Waals surface area contributed by atoms with Crippen LogP contribution >= 0.6 is 0 Å². The normalized spacial score (nSPS) is 16.6. The summed E-state index contributed by atoms with van der Waals surface area (Å²) in [5.41, 5.74) is -0.382. The van der Waals surface area contributed by atoms with Crippen LogP contribution in [0.5, 0.6) is 6.01 Å². The van der Waals surface area contributed by atoms with Gasteiger partial charge in [-0.15, -0.1) is 0 Å². The fraction of sp³-hybridized carbons (Fsp3) is 0.458. The Balaban J connectivity index is 1.85. The first-order chi connectivity index (χ1) is 16.2. The number of anilines is 1. The Labute approximate surface area is 194 Å². The molecule has 3 aromatic rings. The topological polar surface area (TPSA) is 78.3 Å². The van der Waals surface area contributed by atoms with Gasteiger partial charge in [0, 0.05) is 36.1 Å². The van der Waals surface area contributed by atoms with E-state index in [1.165, 1.54) is 19.2 Å². The van der Waals surface area contributed by atoms with Crippen molar-refractivity contribution < 1.29 is 22.6 Å². The van der Waals surface area contributed by atoms with Crippen molar-refractivity contribution >= 4 is 16.7 Å². The first-order valence-electron chi connectivity index (χ1n) is 11.1. The number of aromatic nitrogens is 3. The van der Waals surface area contributed by atoms with E-state index in [4.69, 9.17) is 9.47 Å². The second kappa shape index (κ2) is 9.25. The molecular weight excluding hydrogens is 449 g/mol. The predicted octanol–water partition coefficient (Wildman–Crippen LogP) is 4.88. The molecule has 1 atom stereocenters. The number of hydrogen-bond donors (Lipinski definition) is 1. The van der Waals surface area contributed by atoms with Crippen LogP contribution in [0.3, 0.4) is 0 Å². The molecule has 0 aliphatic carbocycles. The molecule has 182 valence electrons. The number of rotatable bonds is 6. The van der Waals surface area contributed by atoms with Gasteiger partial charge in [-0.05, 0) is 33.6 Å². The maximum Gasteiger partial charge on any atom is 0.318 e. The van der Waals surface area contributed by atoms with Gasteiger partial charge in [0.25, 0.3) is 12.0 Å². The molecule has 7 nitrogen and oxygen atoms in total. The molecule has 3 heterocycles. The van der Waals surface area contributed by atoms with E-state index >= 15 is 0 Å². The third kappa shape index (κ3) is 4.22. The second-order valence-electron chi connectivity index (χ2n) is 8.78. The number of hydrogen-bond acceptors (Lipinski definition) is 6. The van der Waals surface area contributed by atoms with E-state index < -0.39 is 29.4 Å². The zero-order valence-corrected chi connectivity index (χ0v) is 19.5. The number of ether oxygens (including phenoxy) is 2. The molecule has 1 fully saturated rings. The highest BCUT2D eigenvalue weighted by atomic mass is 19.3. The van der Waals surface area contributed by atoms with Gasteiger partial charge in [0.2, 0.25) is 0 Å². The van der Waals surface area contributed by atoms with E-state index in [9.17, 15) is 18.0 Å².